The van der Waals surface area contributed by atoms with Gasteiger partial charge in [0.25, 0.3) is 0 Å². The largest absolute Gasteiger partial charge is 0.352 e. The number of carbonyl (C=O) groups is 1. The highest BCUT2D eigenvalue weighted by atomic mass is 19.1. The van der Waals surface area contributed by atoms with Gasteiger partial charge in [-0.1, -0.05) is 31.9 Å². The summed E-state index contributed by atoms with van der Waals surface area (Å²) in [5, 5.41) is 3.15. The summed E-state index contributed by atoms with van der Waals surface area (Å²) >= 11 is 0. The number of nitrogens with zero attached hydrogens (tertiary/aromatic N) is 1. The normalized spacial score (nSPS) is 22.3. The van der Waals surface area contributed by atoms with E-state index in [1.807, 2.05) is 11.9 Å². The first-order chi connectivity index (χ1) is 10.0. The Morgan fingerprint density at radius 2 is 1.95 bits per heavy atom. The number of hydrogen-bond donors (Lipinski definition) is 1. The van der Waals surface area contributed by atoms with Crippen LogP contribution in [0.3, 0.4) is 0 Å². The van der Waals surface area contributed by atoms with E-state index in [-0.39, 0.29) is 11.7 Å². The molecule has 0 unspecified atom stereocenters. The fourth-order valence-electron chi connectivity index (χ4n) is 2.99. The van der Waals surface area contributed by atoms with E-state index in [1.165, 1.54) is 31.4 Å². The van der Waals surface area contributed by atoms with Gasteiger partial charge in [0.2, 0.25) is 5.91 Å². The number of nitrogens with one attached hydrogen (secondary N) is 1. The highest BCUT2D eigenvalue weighted by Crippen LogP contribution is 2.23. The van der Waals surface area contributed by atoms with E-state index in [4.69, 9.17) is 0 Å². The molecule has 2 atom stereocenters. The zero-order valence-corrected chi connectivity index (χ0v) is 12.9. The van der Waals surface area contributed by atoms with Crippen molar-refractivity contribution in [2.75, 3.05) is 13.6 Å². The van der Waals surface area contributed by atoms with E-state index >= 15 is 0 Å². The van der Waals surface area contributed by atoms with Crippen LogP contribution in [0.4, 0.5) is 4.39 Å². The van der Waals surface area contributed by atoms with Crippen LogP contribution in [-0.2, 0) is 11.3 Å². The maximum absolute atomic E-state index is 12.9. The lowest BCUT2D eigenvalue weighted by molar-refractivity contribution is -0.123. The van der Waals surface area contributed by atoms with E-state index in [0.717, 1.165) is 12.0 Å². The van der Waals surface area contributed by atoms with Gasteiger partial charge in [-0.3, -0.25) is 9.69 Å². The fourth-order valence-corrected chi connectivity index (χ4v) is 2.99. The lowest BCUT2D eigenvalue weighted by atomic mass is 9.86. The second-order valence-electron chi connectivity index (χ2n) is 6.23. The first-order valence-corrected chi connectivity index (χ1v) is 7.77. The van der Waals surface area contributed by atoms with Crippen molar-refractivity contribution in [3.63, 3.8) is 0 Å². The second kappa shape index (κ2) is 7.55. The molecule has 0 aromatic heterocycles. The Labute approximate surface area is 126 Å². The van der Waals surface area contributed by atoms with Crippen LogP contribution in [0.25, 0.3) is 0 Å². The molecule has 1 aromatic rings. The molecule has 0 radical (unpaired) electrons. The van der Waals surface area contributed by atoms with Crippen LogP contribution in [0.2, 0.25) is 0 Å². The van der Waals surface area contributed by atoms with Crippen molar-refractivity contribution in [1.29, 1.82) is 0 Å². The Balaban J connectivity index is 1.77. The summed E-state index contributed by atoms with van der Waals surface area (Å²) in [4.78, 5) is 14.1. The van der Waals surface area contributed by atoms with Crippen LogP contribution in [0, 0.1) is 11.7 Å². The molecular weight excluding hydrogens is 267 g/mol. The van der Waals surface area contributed by atoms with Crippen molar-refractivity contribution in [3.05, 3.63) is 35.6 Å². The van der Waals surface area contributed by atoms with Crippen LogP contribution in [0.5, 0.6) is 0 Å². The fraction of sp³-hybridized carbons (Fsp3) is 0.588. The summed E-state index contributed by atoms with van der Waals surface area (Å²) in [5.41, 5.74) is 1.01. The molecule has 0 bridgehead atoms. The van der Waals surface area contributed by atoms with Gasteiger partial charge in [-0.15, -0.1) is 0 Å². The van der Waals surface area contributed by atoms with Gasteiger partial charge in [0, 0.05) is 12.6 Å². The van der Waals surface area contributed by atoms with Gasteiger partial charge >= 0.3 is 0 Å². The minimum absolute atomic E-state index is 0.0818. The summed E-state index contributed by atoms with van der Waals surface area (Å²) in [5.74, 6) is 0.425. The van der Waals surface area contributed by atoms with Gasteiger partial charge in [-0.05, 0) is 43.5 Å². The molecule has 0 spiro atoms. The number of rotatable bonds is 5. The summed E-state index contributed by atoms with van der Waals surface area (Å²) < 4.78 is 12.9. The average molecular weight is 292 g/mol. The molecule has 1 saturated carbocycles. The summed E-state index contributed by atoms with van der Waals surface area (Å²) in [6.45, 7) is 3.24. The molecule has 4 heteroatoms. The van der Waals surface area contributed by atoms with Crippen molar-refractivity contribution in [3.8, 4) is 0 Å². The van der Waals surface area contributed by atoms with E-state index in [9.17, 15) is 9.18 Å². The Hall–Kier alpha value is -1.42. The SMILES string of the molecule is C[C@H]1CCCC[C@@H]1NC(=O)CN(C)Cc1ccc(F)cc1. The second-order valence-corrected chi connectivity index (χ2v) is 6.23. The van der Waals surface area contributed by atoms with E-state index in [1.54, 1.807) is 12.1 Å². The van der Waals surface area contributed by atoms with Crippen LogP contribution in [-0.4, -0.2) is 30.4 Å². The molecule has 1 N–H and O–H groups in total. The third kappa shape index (κ3) is 5.12. The Kier molecular flexibility index (Phi) is 5.74. The monoisotopic (exact) mass is 292 g/mol. The van der Waals surface area contributed by atoms with Gasteiger partial charge in [-0.2, -0.15) is 0 Å². The number of carbonyl (C=O) groups excluding carboxylic acids is 1. The highest BCUT2D eigenvalue weighted by molar-refractivity contribution is 5.78. The maximum atomic E-state index is 12.9. The smallest absolute Gasteiger partial charge is 0.234 e. The first kappa shape index (κ1) is 16.0. The average Bonchev–Trinajstić information content (AvgIpc) is 2.44. The van der Waals surface area contributed by atoms with E-state index in [2.05, 4.69) is 12.2 Å². The van der Waals surface area contributed by atoms with E-state index in [0.29, 0.717) is 25.0 Å². The Morgan fingerprint density at radius 1 is 1.29 bits per heavy atom. The zero-order chi connectivity index (χ0) is 15.2. The molecule has 1 aromatic carbocycles. The number of benzene rings is 1. The summed E-state index contributed by atoms with van der Waals surface area (Å²) in [6.07, 6.45) is 4.78. The molecule has 21 heavy (non-hydrogen) atoms. The van der Waals surface area contributed by atoms with Crippen molar-refractivity contribution >= 4 is 5.91 Å². The first-order valence-electron chi connectivity index (χ1n) is 7.77. The van der Waals surface area contributed by atoms with Crippen molar-refractivity contribution < 1.29 is 9.18 Å². The Morgan fingerprint density at radius 3 is 2.62 bits per heavy atom. The van der Waals surface area contributed by atoms with Crippen LogP contribution in [0.15, 0.2) is 24.3 Å². The van der Waals surface area contributed by atoms with Crippen LogP contribution in [0.1, 0.15) is 38.2 Å². The van der Waals surface area contributed by atoms with Crippen molar-refractivity contribution in [1.82, 2.24) is 10.2 Å². The molecule has 3 nitrogen and oxygen atoms in total. The number of likely N-dealkylation sites (N-methyl/N-ethyl adjacent to an activating group) is 1. The van der Waals surface area contributed by atoms with Gasteiger partial charge in [0.1, 0.15) is 5.82 Å². The molecule has 2 rings (SSSR count). The minimum Gasteiger partial charge on any atom is -0.352 e. The van der Waals surface area contributed by atoms with Gasteiger partial charge < -0.3 is 5.32 Å². The zero-order valence-electron chi connectivity index (χ0n) is 12.9. The van der Waals surface area contributed by atoms with Gasteiger partial charge in [0.05, 0.1) is 6.54 Å². The molecule has 0 aliphatic heterocycles. The molecule has 0 saturated heterocycles. The van der Waals surface area contributed by atoms with Crippen molar-refractivity contribution in [2.24, 2.45) is 5.92 Å². The summed E-state index contributed by atoms with van der Waals surface area (Å²) in [6, 6.07) is 6.74. The lowest BCUT2D eigenvalue weighted by Gasteiger charge is -2.30. The Bertz CT molecular complexity index is 460. The van der Waals surface area contributed by atoms with Gasteiger partial charge in [-0.25, -0.2) is 4.39 Å². The molecule has 116 valence electrons. The number of amides is 1. The molecule has 1 aliphatic carbocycles. The predicted molar refractivity (Wildman–Crippen MR) is 82.3 cm³/mol. The standard InChI is InChI=1S/C17H25FN2O/c1-13-5-3-4-6-16(13)19-17(21)12-20(2)11-14-7-9-15(18)10-8-14/h7-10,13,16H,3-6,11-12H2,1-2H3,(H,19,21)/t13-,16-/m0/s1. The summed E-state index contributed by atoms with van der Waals surface area (Å²) in [7, 11) is 1.91. The number of hydrogen-bond acceptors (Lipinski definition) is 2. The molecular formula is C17H25FN2O. The third-order valence-corrected chi connectivity index (χ3v) is 4.24. The van der Waals surface area contributed by atoms with Gasteiger partial charge in [0.15, 0.2) is 0 Å². The third-order valence-electron chi connectivity index (χ3n) is 4.24. The molecule has 0 heterocycles. The van der Waals surface area contributed by atoms with Crippen LogP contribution < -0.4 is 5.32 Å². The quantitative estimate of drug-likeness (QED) is 0.905. The predicted octanol–water partition coefficient (Wildman–Crippen LogP) is 2.95. The van der Waals surface area contributed by atoms with Crippen LogP contribution >= 0.6 is 0 Å². The highest BCUT2D eigenvalue weighted by Gasteiger charge is 2.22. The number of halogens is 1. The topological polar surface area (TPSA) is 32.3 Å². The lowest BCUT2D eigenvalue weighted by Crippen LogP contribution is -2.44. The molecule has 1 amide bonds. The molecule has 1 aliphatic rings. The maximum Gasteiger partial charge on any atom is 0.234 e. The van der Waals surface area contributed by atoms with E-state index < -0.39 is 0 Å². The molecule has 1 fully saturated rings. The van der Waals surface area contributed by atoms with Crippen molar-refractivity contribution in [2.45, 2.75) is 45.2 Å². The minimum atomic E-state index is -0.231.